The minimum Gasteiger partial charge on any atom is -0.480 e. The maximum absolute atomic E-state index is 13.3. The van der Waals surface area contributed by atoms with Gasteiger partial charge in [-0.15, -0.1) is 0 Å². The van der Waals surface area contributed by atoms with Crippen LogP contribution >= 0.6 is 0 Å². The first-order valence-corrected chi connectivity index (χ1v) is 10.6. The number of ether oxygens (including phenoxy) is 1. The van der Waals surface area contributed by atoms with Gasteiger partial charge in [-0.25, -0.2) is 9.59 Å². The predicted molar refractivity (Wildman–Crippen MR) is 118 cm³/mol. The lowest BCUT2D eigenvalue weighted by Gasteiger charge is -2.23. The van der Waals surface area contributed by atoms with Gasteiger partial charge in [-0.3, -0.25) is 4.79 Å². The number of benzene rings is 2. The number of rotatable bonds is 10. The van der Waals surface area contributed by atoms with Crippen molar-refractivity contribution in [3.63, 3.8) is 0 Å². The summed E-state index contributed by atoms with van der Waals surface area (Å²) in [6, 6.07) is 10.7. The van der Waals surface area contributed by atoms with Gasteiger partial charge >= 0.3 is 18.2 Å². The number of nitrogens with one attached hydrogen (secondary N) is 2. The van der Waals surface area contributed by atoms with Crippen molar-refractivity contribution in [3.05, 3.63) is 71.3 Å². The molecule has 0 saturated carbocycles. The van der Waals surface area contributed by atoms with E-state index in [4.69, 9.17) is 4.74 Å². The number of hydrogen-bond acceptors (Lipinski definition) is 4. The number of hydrogen-bond donors (Lipinski definition) is 3. The third-order valence-corrected chi connectivity index (χ3v) is 4.89. The minimum absolute atomic E-state index is 0.0331. The Labute approximate surface area is 195 Å². The maximum Gasteiger partial charge on any atom is 0.416 e. The molecule has 0 aliphatic heterocycles. The first-order valence-electron chi connectivity index (χ1n) is 10.6. The second kappa shape index (κ2) is 12.1. The van der Waals surface area contributed by atoms with E-state index in [0.29, 0.717) is 0 Å². The largest absolute Gasteiger partial charge is 0.480 e. The fraction of sp³-hybridized carbons (Fsp3) is 0.375. The van der Waals surface area contributed by atoms with Crippen molar-refractivity contribution < 1.29 is 37.4 Å². The number of alkyl carbamates (subject to hydrolysis) is 1. The Kier molecular flexibility index (Phi) is 9.47. The van der Waals surface area contributed by atoms with Gasteiger partial charge in [0.2, 0.25) is 5.91 Å². The quantitative estimate of drug-likeness (QED) is 0.474. The lowest BCUT2D eigenvalue weighted by molar-refractivity contribution is -0.143. The normalized spacial score (nSPS) is 13.1. The molecule has 10 heteroatoms. The second-order valence-corrected chi connectivity index (χ2v) is 8.15. The van der Waals surface area contributed by atoms with Crippen LogP contribution in [0, 0.1) is 5.92 Å². The summed E-state index contributed by atoms with van der Waals surface area (Å²) in [7, 11) is 0. The van der Waals surface area contributed by atoms with Gasteiger partial charge in [0, 0.05) is 6.42 Å². The van der Waals surface area contributed by atoms with E-state index >= 15 is 0 Å². The van der Waals surface area contributed by atoms with Crippen LogP contribution in [0.4, 0.5) is 18.0 Å². The molecule has 2 atom stereocenters. The molecule has 0 unspecified atom stereocenters. The standard InChI is InChI=1S/C24H27F3N2O5/c1-15(2)12-19(29-23(33)34-14-16-8-4-3-5-9-16)21(30)28-20(22(31)32)13-17-10-6-7-11-18(17)24(25,26)27/h3-11,15,19-20H,12-14H2,1-2H3,(H,28,30)(H,29,33)(H,31,32)/t19-,20+/m0/s1. The zero-order valence-electron chi connectivity index (χ0n) is 18.8. The Hall–Kier alpha value is -3.56. The summed E-state index contributed by atoms with van der Waals surface area (Å²) in [4.78, 5) is 36.8. The van der Waals surface area contributed by atoms with Crippen LogP contribution in [0.3, 0.4) is 0 Å². The highest BCUT2D eigenvalue weighted by atomic mass is 19.4. The molecule has 7 nitrogen and oxygen atoms in total. The van der Waals surface area contributed by atoms with Gasteiger partial charge in [0.1, 0.15) is 18.7 Å². The van der Waals surface area contributed by atoms with Crippen LogP contribution in [-0.4, -0.2) is 35.2 Å². The maximum atomic E-state index is 13.3. The van der Waals surface area contributed by atoms with Crippen LogP contribution in [0.5, 0.6) is 0 Å². The second-order valence-electron chi connectivity index (χ2n) is 8.15. The van der Waals surface area contributed by atoms with E-state index in [-0.39, 0.29) is 24.5 Å². The van der Waals surface area contributed by atoms with E-state index in [9.17, 15) is 32.7 Å². The van der Waals surface area contributed by atoms with Gasteiger partial charge in [0.05, 0.1) is 5.56 Å². The first kappa shape index (κ1) is 26.7. The van der Waals surface area contributed by atoms with Crippen molar-refractivity contribution in [3.8, 4) is 0 Å². The van der Waals surface area contributed by atoms with Crippen molar-refractivity contribution in [2.45, 2.75) is 51.6 Å². The number of carbonyl (C=O) groups is 3. The number of carboxylic acid groups (broad SMARTS) is 1. The Balaban J connectivity index is 2.09. The zero-order valence-corrected chi connectivity index (χ0v) is 18.8. The topological polar surface area (TPSA) is 105 Å². The van der Waals surface area contributed by atoms with E-state index in [1.54, 1.807) is 44.2 Å². The summed E-state index contributed by atoms with van der Waals surface area (Å²) in [5, 5.41) is 14.2. The van der Waals surface area contributed by atoms with Crippen molar-refractivity contribution in [1.29, 1.82) is 0 Å². The van der Waals surface area contributed by atoms with E-state index in [1.165, 1.54) is 12.1 Å². The lowest BCUT2D eigenvalue weighted by Crippen LogP contribution is -2.52. The molecule has 0 heterocycles. The summed E-state index contributed by atoms with van der Waals surface area (Å²) in [6.07, 6.45) is -5.96. The molecule has 3 N–H and O–H groups in total. The smallest absolute Gasteiger partial charge is 0.416 e. The molecule has 0 fully saturated rings. The van der Waals surface area contributed by atoms with E-state index in [0.717, 1.165) is 17.7 Å². The van der Waals surface area contributed by atoms with Gasteiger partial charge in [0.25, 0.3) is 0 Å². The van der Waals surface area contributed by atoms with Crippen molar-refractivity contribution in [1.82, 2.24) is 10.6 Å². The molecule has 2 aromatic carbocycles. The molecule has 0 saturated heterocycles. The van der Waals surface area contributed by atoms with E-state index in [1.807, 2.05) is 0 Å². The van der Waals surface area contributed by atoms with Crippen molar-refractivity contribution >= 4 is 18.0 Å². The predicted octanol–water partition coefficient (Wildman–Crippen LogP) is 4.16. The molecular weight excluding hydrogens is 453 g/mol. The number of carbonyl (C=O) groups excluding carboxylic acids is 2. The summed E-state index contributed by atoms with van der Waals surface area (Å²) < 4.78 is 44.9. The monoisotopic (exact) mass is 480 g/mol. The molecule has 0 aromatic heterocycles. The van der Waals surface area contributed by atoms with Crippen LogP contribution in [0.2, 0.25) is 0 Å². The Morgan fingerprint density at radius 3 is 2.15 bits per heavy atom. The average molecular weight is 480 g/mol. The van der Waals surface area contributed by atoms with Crippen molar-refractivity contribution in [2.24, 2.45) is 5.92 Å². The molecule has 2 aromatic rings. The van der Waals surface area contributed by atoms with Crippen LogP contribution in [0.15, 0.2) is 54.6 Å². The highest BCUT2D eigenvalue weighted by Gasteiger charge is 2.35. The van der Waals surface area contributed by atoms with Crippen molar-refractivity contribution in [2.75, 3.05) is 0 Å². The summed E-state index contributed by atoms with van der Waals surface area (Å²) in [5.74, 6) is -2.39. The van der Waals surface area contributed by atoms with Gasteiger partial charge in [-0.05, 0) is 29.5 Å². The number of alkyl halides is 3. The van der Waals surface area contributed by atoms with E-state index in [2.05, 4.69) is 10.6 Å². The van der Waals surface area contributed by atoms with Crippen LogP contribution < -0.4 is 10.6 Å². The molecule has 0 spiro atoms. The zero-order chi connectivity index (χ0) is 25.3. The van der Waals surface area contributed by atoms with Gasteiger partial charge in [-0.2, -0.15) is 13.2 Å². The molecule has 184 valence electrons. The van der Waals surface area contributed by atoms with Crippen LogP contribution in [0.25, 0.3) is 0 Å². The van der Waals surface area contributed by atoms with Gasteiger partial charge in [0.15, 0.2) is 0 Å². The van der Waals surface area contributed by atoms with Gasteiger partial charge < -0.3 is 20.5 Å². The molecule has 2 amide bonds. The van der Waals surface area contributed by atoms with E-state index < -0.39 is 48.2 Å². The lowest BCUT2D eigenvalue weighted by atomic mass is 9.98. The Morgan fingerprint density at radius 2 is 1.56 bits per heavy atom. The van der Waals surface area contributed by atoms with Crippen LogP contribution in [-0.2, 0) is 33.5 Å². The molecule has 34 heavy (non-hydrogen) atoms. The summed E-state index contributed by atoms with van der Waals surface area (Å²) in [5.41, 5.74) is -0.507. The third-order valence-electron chi connectivity index (χ3n) is 4.89. The highest BCUT2D eigenvalue weighted by Crippen LogP contribution is 2.32. The molecule has 0 radical (unpaired) electrons. The number of aliphatic carboxylic acids is 1. The molecule has 2 rings (SSSR count). The fourth-order valence-corrected chi connectivity index (χ4v) is 3.28. The first-order chi connectivity index (χ1) is 16.0. The average Bonchev–Trinajstić information content (AvgIpc) is 2.76. The third kappa shape index (κ3) is 8.42. The number of halogens is 3. The van der Waals surface area contributed by atoms with Gasteiger partial charge in [-0.1, -0.05) is 62.4 Å². The number of carboxylic acids is 1. The Morgan fingerprint density at radius 1 is 0.941 bits per heavy atom. The Bertz CT molecular complexity index is 980. The molecular formula is C24H27F3N2O5. The molecule has 0 bridgehead atoms. The van der Waals surface area contributed by atoms with Crippen LogP contribution in [0.1, 0.15) is 37.0 Å². The SMILES string of the molecule is CC(C)C[C@H](NC(=O)OCc1ccccc1)C(=O)N[C@H](Cc1ccccc1C(F)(F)F)C(=O)O. The number of amides is 2. The highest BCUT2D eigenvalue weighted by molar-refractivity contribution is 5.89. The fourth-order valence-electron chi connectivity index (χ4n) is 3.28. The molecule has 0 aliphatic rings. The summed E-state index contributed by atoms with van der Waals surface area (Å²) in [6.45, 7) is 3.56. The molecule has 0 aliphatic carbocycles. The minimum atomic E-state index is -4.67. The summed E-state index contributed by atoms with van der Waals surface area (Å²) >= 11 is 0.